The molecule has 1 amide bonds. The fourth-order valence-electron chi connectivity index (χ4n) is 1.18. The van der Waals surface area contributed by atoms with Crippen molar-refractivity contribution in [2.75, 3.05) is 19.8 Å². The first-order valence-corrected chi connectivity index (χ1v) is 5.60. The summed E-state index contributed by atoms with van der Waals surface area (Å²) in [6.45, 7) is 3.98. The van der Waals surface area contributed by atoms with E-state index in [0.29, 0.717) is 18.7 Å². The van der Waals surface area contributed by atoms with Gasteiger partial charge >= 0.3 is 0 Å². The standard InChI is InChI=1S/C12H18N2O2/c1-2-3-8-16-9-7-14-12(15)11-5-4-6-13-10-11/h4-6,10H,2-3,7-9H2,1H3,(H,14,15). The molecule has 88 valence electrons. The van der Waals surface area contributed by atoms with Gasteiger partial charge in [0.25, 0.3) is 5.91 Å². The average Bonchev–Trinajstić information content (AvgIpc) is 2.34. The van der Waals surface area contributed by atoms with E-state index in [9.17, 15) is 4.79 Å². The average molecular weight is 222 g/mol. The Morgan fingerprint density at radius 2 is 2.38 bits per heavy atom. The van der Waals surface area contributed by atoms with Gasteiger partial charge < -0.3 is 10.1 Å². The number of unbranched alkanes of at least 4 members (excludes halogenated alkanes) is 1. The SMILES string of the molecule is CCCCOCCNC(=O)c1cccnc1. The molecule has 4 heteroatoms. The van der Waals surface area contributed by atoms with Gasteiger partial charge in [0.1, 0.15) is 0 Å². The number of nitrogens with zero attached hydrogens (tertiary/aromatic N) is 1. The van der Waals surface area contributed by atoms with Gasteiger partial charge in [-0.05, 0) is 18.6 Å². The molecule has 1 rings (SSSR count). The summed E-state index contributed by atoms with van der Waals surface area (Å²) >= 11 is 0. The number of aromatic nitrogens is 1. The minimum absolute atomic E-state index is 0.104. The maximum atomic E-state index is 11.5. The molecule has 0 spiro atoms. The number of hydrogen-bond donors (Lipinski definition) is 1. The van der Waals surface area contributed by atoms with Crippen LogP contribution in [-0.4, -0.2) is 30.6 Å². The van der Waals surface area contributed by atoms with E-state index < -0.39 is 0 Å². The highest BCUT2D eigenvalue weighted by Crippen LogP contribution is 1.94. The second kappa shape index (κ2) is 7.82. The predicted octanol–water partition coefficient (Wildman–Crippen LogP) is 1.63. The smallest absolute Gasteiger partial charge is 0.252 e. The van der Waals surface area contributed by atoms with Crippen LogP contribution in [0, 0.1) is 0 Å². The molecule has 1 aromatic heterocycles. The summed E-state index contributed by atoms with van der Waals surface area (Å²) in [5.74, 6) is -0.104. The van der Waals surface area contributed by atoms with Crippen LogP contribution < -0.4 is 5.32 Å². The quantitative estimate of drug-likeness (QED) is 0.713. The molecule has 0 unspecified atom stereocenters. The first-order valence-electron chi connectivity index (χ1n) is 5.60. The summed E-state index contributed by atoms with van der Waals surface area (Å²) in [5, 5.41) is 2.77. The van der Waals surface area contributed by atoms with Crippen LogP contribution in [0.25, 0.3) is 0 Å². The molecule has 1 aromatic rings. The Balaban J connectivity index is 2.12. The molecule has 0 aromatic carbocycles. The van der Waals surface area contributed by atoms with Gasteiger partial charge in [-0.15, -0.1) is 0 Å². The molecule has 0 atom stereocenters. The molecule has 4 nitrogen and oxygen atoms in total. The Hall–Kier alpha value is -1.42. The third kappa shape index (κ3) is 4.89. The topological polar surface area (TPSA) is 51.2 Å². The van der Waals surface area contributed by atoms with Crippen molar-refractivity contribution >= 4 is 5.91 Å². The number of carbonyl (C=O) groups excluding carboxylic acids is 1. The van der Waals surface area contributed by atoms with E-state index in [1.54, 1.807) is 24.5 Å². The molecule has 1 N–H and O–H groups in total. The third-order valence-electron chi connectivity index (χ3n) is 2.10. The Kier molecular flexibility index (Phi) is 6.18. The molecular weight excluding hydrogens is 204 g/mol. The summed E-state index contributed by atoms with van der Waals surface area (Å²) in [5.41, 5.74) is 0.580. The van der Waals surface area contributed by atoms with Crippen LogP contribution in [-0.2, 0) is 4.74 Å². The number of hydrogen-bond acceptors (Lipinski definition) is 3. The van der Waals surface area contributed by atoms with Crippen molar-refractivity contribution in [1.29, 1.82) is 0 Å². The molecule has 0 aliphatic rings. The van der Waals surface area contributed by atoms with Crippen molar-refractivity contribution in [2.24, 2.45) is 0 Å². The first kappa shape index (κ1) is 12.6. The van der Waals surface area contributed by atoms with Gasteiger partial charge in [-0.25, -0.2) is 0 Å². The number of pyridine rings is 1. The van der Waals surface area contributed by atoms with E-state index in [-0.39, 0.29) is 5.91 Å². The zero-order chi connectivity index (χ0) is 11.6. The lowest BCUT2D eigenvalue weighted by molar-refractivity contribution is 0.0912. The highest BCUT2D eigenvalue weighted by molar-refractivity contribution is 5.93. The van der Waals surface area contributed by atoms with E-state index in [4.69, 9.17) is 4.74 Å². The fraction of sp³-hybridized carbons (Fsp3) is 0.500. The number of carbonyl (C=O) groups is 1. The van der Waals surface area contributed by atoms with Crippen LogP contribution in [0.15, 0.2) is 24.5 Å². The minimum Gasteiger partial charge on any atom is -0.380 e. The number of amides is 1. The van der Waals surface area contributed by atoms with Gasteiger partial charge in [-0.3, -0.25) is 9.78 Å². The zero-order valence-electron chi connectivity index (χ0n) is 9.61. The number of nitrogens with one attached hydrogen (secondary N) is 1. The van der Waals surface area contributed by atoms with Crippen LogP contribution >= 0.6 is 0 Å². The van der Waals surface area contributed by atoms with E-state index in [1.165, 1.54) is 0 Å². The molecule has 0 bridgehead atoms. The van der Waals surface area contributed by atoms with E-state index in [0.717, 1.165) is 19.4 Å². The highest BCUT2D eigenvalue weighted by Gasteiger charge is 2.02. The Bertz CT molecular complexity index is 301. The number of ether oxygens (including phenoxy) is 1. The monoisotopic (exact) mass is 222 g/mol. The zero-order valence-corrected chi connectivity index (χ0v) is 9.61. The second-order valence-electron chi connectivity index (χ2n) is 3.46. The molecule has 0 saturated heterocycles. The lowest BCUT2D eigenvalue weighted by Crippen LogP contribution is -2.27. The first-order chi connectivity index (χ1) is 7.84. The molecule has 0 radical (unpaired) electrons. The van der Waals surface area contributed by atoms with Crippen molar-refractivity contribution in [3.8, 4) is 0 Å². The lowest BCUT2D eigenvalue weighted by atomic mass is 10.3. The van der Waals surface area contributed by atoms with E-state index in [2.05, 4.69) is 17.2 Å². The minimum atomic E-state index is -0.104. The second-order valence-corrected chi connectivity index (χ2v) is 3.46. The highest BCUT2D eigenvalue weighted by atomic mass is 16.5. The molecule has 0 saturated carbocycles. The normalized spacial score (nSPS) is 10.1. The summed E-state index contributed by atoms with van der Waals surface area (Å²) < 4.78 is 5.33. The van der Waals surface area contributed by atoms with Gasteiger partial charge in [0.05, 0.1) is 12.2 Å². The largest absolute Gasteiger partial charge is 0.380 e. The van der Waals surface area contributed by atoms with Crippen LogP contribution in [0.1, 0.15) is 30.1 Å². The van der Waals surface area contributed by atoms with Gasteiger partial charge in [-0.2, -0.15) is 0 Å². The van der Waals surface area contributed by atoms with Gasteiger partial charge in [0.2, 0.25) is 0 Å². The lowest BCUT2D eigenvalue weighted by Gasteiger charge is -2.05. The van der Waals surface area contributed by atoms with Crippen LogP contribution in [0.5, 0.6) is 0 Å². The molecule has 0 fully saturated rings. The third-order valence-corrected chi connectivity index (χ3v) is 2.10. The van der Waals surface area contributed by atoms with E-state index >= 15 is 0 Å². The van der Waals surface area contributed by atoms with Crippen LogP contribution in [0.3, 0.4) is 0 Å². The van der Waals surface area contributed by atoms with E-state index in [1.807, 2.05) is 0 Å². The maximum absolute atomic E-state index is 11.5. The summed E-state index contributed by atoms with van der Waals surface area (Å²) in [6, 6.07) is 3.48. The van der Waals surface area contributed by atoms with Crippen molar-refractivity contribution in [3.63, 3.8) is 0 Å². The maximum Gasteiger partial charge on any atom is 0.252 e. The van der Waals surface area contributed by atoms with Gasteiger partial charge in [0.15, 0.2) is 0 Å². The summed E-state index contributed by atoms with van der Waals surface area (Å²) in [6.07, 6.45) is 5.39. The summed E-state index contributed by atoms with van der Waals surface area (Å²) in [4.78, 5) is 15.4. The predicted molar refractivity (Wildman–Crippen MR) is 62.3 cm³/mol. The van der Waals surface area contributed by atoms with Crippen molar-refractivity contribution in [3.05, 3.63) is 30.1 Å². The number of rotatable bonds is 7. The Morgan fingerprint density at radius 1 is 1.50 bits per heavy atom. The molecule has 0 aliphatic heterocycles. The Morgan fingerprint density at radius 3 is 3.06 bits per heavy atom. The molecular formula is C12H18N2O2. The van der Waals surface area contributed by atoms with Crippen LogP contribution in [0.2, 0.25) is 0 Å². The van der Waals surface area contributed by atoms with Gasteiger partial charge in [0, 0.05) is 25.5 Å². The van der Waals surface area contributed by atoms with Crippen molar-refractivity contribution in [2.45, 2.75) is 19.8 Å². The molecule has 16 heavy (non-hydrogen) atoms. The van der Waals surface area contributed by atoms with Gasteiger partial charge in [-0.1, -0.05) is 13.3 Å². The fourth-order valence-corrected chi connectivity index (χ4v) is 1.18. The van der Waals surface area contributed by atoms with Crippen LogP contribution in [0.4, 0.5) is 0 Å². The summed E-state index contributed by atoms with van der Waals surface area (Å²) in [7, 11) is 0. The molecule has 0 aliphatic carbocycles. The van der Waals surface area contributed by atoms with Crippen molar-refractivity contribution in [1.82, 2.24) is 10.3 Å². The Labute approximate surface area is 96.0 Å². The van der Waals surface area contributed by atoms with Crippen molar-refractivity contribution < 1.29 is 9.53 Å². The molecule has 1 heterocycles.